The maximum atomic E-state index is 12.2. The maximum Gasteiger partial charge on any atom is 0.251 e. The van der Waals surface area contributed by atoms with Crippen LogP contribution in [0.15, 0.2) is 48.5 Å². The Labute approximate surface area is 194 Å². The molecular weight excluding hydrogens is 416 g/mol. The van der Waals surface area contributed by atoms with Gasteiger partial charge in [-0.15, -0.1) is 0 Å². The molecule has 1 heterocycles. The van der Waals surface area contributed by atoms with E-state index in [0.717, 1.165) is 37.1 Å². The van der Waals surface area contributed by atoms with Crippen molar-refractivity contribution >= 4 is 11.8 Å². The molecule has 2 fully saturated rings. The minimum atomic E-state index is -0.878. The number of nitriles is 1. The number of hydrogen-bond acceptors (Lipinski definition) is 5. The summed E-state index contributed by atoms with van der Waals surface area (Å²) in [4.78, 5) is 26.8. The second kappa shape index (κ2) is 9.74. The van der Waals surface area contributed by atoms with E-state index in [1.165, 1.54) is 0 Å². The molecule has 33 heavy (non-hydrogen) atoms. The number of likely N-dealkylation sites (tertiary alicyclic amines) is 1. The Morgan fingerprint density at radius 3 is 2.58 bits per heavy atom. The number of rotatable bonds is 6. The topological polar surface area (TPSA) is 105 Å². The average Bonchev–Trinajstić information content (AvgIpc) is 2.80. The van der Waals surface area contributed by atoms with Crippen LogP contribution in [0.5, 0.6) is 0 Å². The smallest absolute Gasteiger partial charge is 0.251 e. The van der Waals surface area contributed by atoms with Gasteiger partial charge < -0.3 is 15.7 Å². The van der Waals surface area contributed by atoms with Gasteiger partial charge in [0.05, 0.1) is 29.8 Å². The Balaban J connectivity index is 1.18. The molecule has 4 rings (SSSR count). The third-order valence-corrected chi connectivity index (χ3v) is 6.79. The first-order valence-corrected chi connectivity index (χ1v) is 11.5. The molecule has 0 unspecified atom stereocenters. The van der Waals surface area contributed by atoms with Gasteiger partial charge in [0.15, 0.2) is 0 Å². The summed E-state index contributed by atoms with van der Waals surface area (Å²) < 4.78 is 0. The van der Waals surface area contributed by atoms with Crippen molar-refractivity contribution in [1.29, 1.82) is 5.26 Å². The fraction of sp³-hybridized carbons (Fsp3) is 0.423. The van der Waals surface area contributed by atoms with Gasteiger partial charge in [-0.2, -0.15) is 5.26 Å². The van der Waals surface area contributed by atoms with Gasteiger partial charge in [-0.25, -0.2) is 0 Å². The third-order valence-electron chi connectivity index (χ3n) is 6.79. The van der Waals surface area contributed by atoms with Crippen LogP contribution >= 0.6 is 0 Å². The molecule has 0 radical (unpaired) electrons. The fourth-order valence-electron chi connectivity index (χ4n) is 4.84. The predicted molar refractivity (Wildman–Crippen MR) is 124 cm³/mol. The van der Waals surface area contributed by atoms with E-state index in [4.69, 9.17) is 5.26 Å². The average molecular weight is 447 g/mol. The lowest BCUT2D eigenvalue weighted by atomic mass is 9.76. The Kier molecular flexibility index (Phi) is 6.77. The number of amides is 2. The molecule has 2 aliphatic rings. The van der Waals surface area contributed by atoms with Crippen LogP contribution < -0.4 is 10.6 Å². The molecule has 1 aliphatic carbocycles. The standard InChI is InChI=1S/C26H30N4O3/c1-18-4-2-6-20(12-18)25(32)28-15-24(31)29-22-16-30(17-22)23-8-10-26(33,11-9-23)21-7-3-5-19(13-21)14-27/h2-7,12-13,22-23,33H,8-11,15-17H2,1H3,(H,28,32)(H,29,31)/t23-,26-. The molecular formula is C26H30N4O3. The maximum absolute atomic E-state index is 12.2. The highest BCUT2D eigenvalue weighted by molar-refractivity contribution is 5.96. The van der Waals surface area contributed by atoms with E-state index in [9.17, 15) is 14.7 Å². The number of benzene rings is 2. The van der Waals surface area contributed by atoms with E-state index in [2.05, 4.69) is 21.6 Å². The molecule has 1 saturated carbocycles. The number of carbonyl (C=O) groups is 2. The van der Waals surface area contributed by atoms with E-state index in [-0.39, 0.29) is 24.4 Å². The molecule has 0 atom stereocenters. The van der Waals surface area contributed by atoms with E-state index < -0.39 is 5.60 Å². The van der Waals surface area contributed by atoms with Gasteiger partial charge in [0.1, 0.15) is 0 Å². The molecule has 0 spiro atoms. The number of aryl methyl sites for hydroxylation is 1. The van der Waals surface area contributed by atoms with Crippen LogP contribution in [0.1, 0.15) is 52.7 Å². The zero-order valence-electron chi connectivity index (χ0n) is 18.9. The van der Waals surface area contributed by atoms with Crippen molar-refractivity contribution in [3.63, 3.8) is 0 Å². The summed E-state index contributed by atoms with van der Waals surface area (Å²) in [6, 6.07) is 17.1. The normalized spacial score (nSPS) is 23.2. The van der Waals surface area contributed by atoms with Gasteiger partial charge >= 0.3 is 0 Å². The van der Waals surface area contributed by atoms with Gasteiger partial charge in [-0.05, 0) is 62.4 Å². The zero-order valence-corrected chi connectivity index (χ0v) is 18.9. The summed E-state index contributed by atoms with van der Waals surface area (Å²) >= 11 is 0. The van der Waals surface area contributed by atoms with Gasteiger partial charge in [-0.3, -0.25) is 14.5 Å². The van der Waals surface area contributed by atoms with Crippen LogP contribution in [0.3, 0.4) is 0 Å². The number of aliphatic hydroxyl groups is 1. The summed E-state index contributed by atoms with van der Waals surface area (Å²) in [6.45, 7) is 3.45. The number of hydrogen-bond donors (Lipinski definition) is 3. The summed E-state index contributed by atoms with van der Waals surface area (Å²) in [5, 5.41) is 25.9. The second-order valence-electron chi connectivity index (χ2n) is 9.23. The van der Waals surface area contributed by atoms with Gasteiger partial charge in [-0.1, -0.05) is 29.8 Å². The van der Waals surface area contributed by atoms with Crippen LogP contribution in [0.4, 0.5) is 0 Å². The van der Waals surface area contributed by atoms with Crippen molar-refractivity contribution in [2.75, 3.05) is 19.6 Å². The third kappa shape index (κ3) is 5.41. The fourth-order valence-corrected chi connectivity index (χ4v) is 4.84. The summed E-state index contributed by atoms with van der Waals surface area (Å²) in [7, 11) is 0. The quantitative estimate of drug-likeness (QED) is 0.631. The molecule has 0 aromatic heterocycles. The Hall–Kier alpha value is -3.21. The highest BCUT2D eigenvalue weighted by Gasteiger charge is 2.40. The second-order valence-corrected chi connectivity index (χ2v) is 9.23. The SMILES string of the molecule is Cc1cccc(C(=O)NCC(=O)NC2CN([C@H]3CC[C@@](O)(c4cccc(C#N)c4)CC3)C2)c1. The Morgan fingerprint density at radius 2 is 1.88 bits per heavy atom. The number of carbonyl (C=O) groups excluding carboxylic acids is 2. The highest BCUT2D eigenvalue weighted by atomic mass is 16.3. The monoisotopic (exact) mass is 446 g/mol. The van der Waals surface area contributed by atoms with Gasteiger partial charge in [0.2, 0.25) is 5.91 Å². The Morgan fingerprint density at radius 1 is 1.15 bits per heavy atom. The summed E-state index contributed by atoms with van der Waals surface area (Å²) in [5.74, 6) is -0.435. The van der Waals surface area contributed by atoms with Crippen molar-refractivity contribution in [3.8, 4) is 6.07 Å². The number of nitrogens with one attached hydrogen (secondary N) is 2. The van der Waals surface area contributed by atoms with Crippen LogP contribution in [0.2, 0.25) is 0 Å². The lowest BCUT2D eigenvalue weighted by Gasteiger charge is -2.48. The van der Waals surface area contributed by atoms with Crippen LogP contribution in [0.25, 0.3) is 0 Å². The largest absolute Gasteiger partial charge is 0.385 e. The van der Waals surface area contributed by atoms with Crippen LogP contribution in [0, 0.1) is 18.3 Å². The van der Waals surface area contributed by atoms with E-state index in [1.54, 1.807) is 24.3 Å². The molecule has 2 aromatic carbocycles. The summed E-state index contributed by atoms with van der Waals surface area (Å²) in [5.41, 5.74) is 2.06. The molecule has 7 heteroatoms. The first-order chi connectivity index (χ1) is 15.9. The summed E-state index contributed by atoms with van der Waals surface area (Å²) in [6.07, 6.45) is 3.07. The first kappa shape index (κ1) is 23.0. The lowest BCUT2D eigenvalue weighted by molar-refractivity contribution is -0.122. The van der Waals surface area contributed by atoms with Gasteiger partial charge in [0.25, 0.3) is 5.91 Å². The molecule has 172 valence electrons. The first-order valence-electron chi connectivity index (χ1n) is 11.5. The van der Waals surface area contributed by atoms with Crippen molar-refractivity contribution in [1.82, 2.24) is 15.5 Å². The molecule has 0 bridgehead atoms. The molecule has 7 nitrogen and oxygen atoms in total. The van der Waals surface area contributed by atoms with Crippen molar-refractivity contribution in [2.24, 2.45) is 0 Å². The molecule has 3 N–H and O–H groups in total. The molecule has 1 aliphatic heterocycles. The zero-order chi connectivity index (χ0) is 23.4. The van der Waals surface area contributed by atoms with Crippen molar-refractivity contribution in [3.05, 3.63) is 70.8 Å². The number of nitrogens with zero attached hydrogens (tertiary/aromatic N) is 2. The Bertz CT molecular complexity index is 1060. The van der Waals surface area contributed by atoms with Crippen molar-refractivity contribution < 1.29 is 14.7 Å². The van der Waals surface area contributed by atoms with Crippen LogP contribution in [-0.4, -0.2) is 53.5 Å². The molecule has 2 aromatic rings. The predicted octanol–water partition coefficient (Wildman–Crippen LogP) is 2.23. The highest BCUT2D eigenvalue weighted by Crippen LogP contribution is 2.39. The van der Waals surface area contributed by atoms with E-state index >= 15 is 0 Å². The van der Waals surface area contributed by atoms with Crippen LogP contribution in [-0.2, 0) is 10.4 Å². The minimum Gasteiger partial charge on any atom is -0.385 e. The van der Waals surface area contributed by atoms with Gasteiger partial charge in [0, 0.05) is 24.7 Å². The van der Waals surface area contributed by atoms with E-state index in [1.807, 2.05) is 31.2 Å². The van der Waals surface area contributed by atoms with E-state index in [0.29, 0.717) is 30.0 Å². The minimum absolute atomic E-state index is 0.0402. The molecule has 1 saturated heterocycles. The van der Waals surface area contributed by atoms with Crippen molar-refractivity contribution in [2.45, 2.75) is 50.3 Å². The lowest BCUT2D eigenvalue weighted by Crippen LogP contribution is -2.63. The molecule has 2 amide bonds.